The van der Waals surface area contributed by atoms with Crippen LogP contribution in [0, 0.1) is 34.0 Å². The lowest BCUT2D eigenvalue weighted by Crippen LogP contribution is -2.34. The van der Waals surface area contributed by atoms with E-state index in [4.69, 9.17) is 0 Å². The minimum absolute atomic E-state index is 0.0955. The monoisotopic (exact) mass is 1020 g/mol. The molecule has 0 aliphatic heterocycles. The van der Waals surface area contributed by atoms with E-state index in [1.807, 2.05) is 89.8 Å². The van der Waals surface area contributed by atoms with E-state index in [2.05, 4.69) is 196 Å². The summed E-state index contributed by atoms with van der Waals surface area (Å²) in [5, 5.41) is 42.0. The standard InChI is InChI=1S/C71H52N7O/c72-47-54-19-15-51(16-20-54)39-57-41-58(40-52-17-21-55(48-73)22-18-52)43-59(42-57)50-77-36-31-61(32-37-77)60-29-34-76(35-30-60)38-33-75-71(79)64(49-74)44-56-25-28-70-68(46-56)66-13-7-8-14-69(66)78(70)65-26-23-53(24-27-65)45-67(62-9-3-1-4-10-62)63-11-5-2-6-12-63/h1-32,34-37,41-46H,33,38-40,50H2/q+1/p+1/b64-44+. The summed E-state index contributed by atoms with van der Waals surface area (Å²) in [4.78, 5) is 4.42. The minimum Gasteiger partial charge on any atom is -0.493 e. The molecule has 8 aromatic carbocycles. The van der Waals surface area contributed by atoms with Gasteiger partial charge in [0.25, 0.3) is 0 Å². The molecule has 0 fully saturated rings. The van der Waals surface area contributed by atoms with Gasteiger partial charge in [-0.15, -0.1) is 0 Å². The van der Waals surface area contributed by atoms with Crippen molar-refractivity contribution in [2.24, 2.45) is 4.99 Å². The molecule has 0 spiro atoms. The number of benzene rings is 8. The number of nitriles is 3. The van der Waals surface area contributed by atoms with Gasteiger partial charge in [0.05, 0.1) is 34.3 Å². The van der Waals surface area contributed by atoms with E-state index >= 15 is 0 Å². The first kappa shape index (κ1) is 50.4. The van der Waals surface area contributed by atoms with E-state index in [9.17, 15) is 20.9 Å². The zero-order valence-corrected chi connectivity index (χ0v) is 43.4. The fraction of sp³-hybridized carbons (Fsp3) is 0.0704. The van der Waals surface area contributed by atoms with Crippen LogP contribution in [-0.2, 0) is 25.9 Å². The number of para-hydroxylation sites is 1. The number of nitrogens with zero attached hydrogens (tertiary/aromatic N) is 7. The zero-order valence-electron chi connectivity index (χ0n) is 43.4. The summed E-state index contributed by atoms with van der Waals surface area (Å²) in [5.41, 5.74) is 17.9. The van der Waals surface area contributed by atoms with Crippen LogP contribution in [0.1, 0.15) is 61.2 Å². The predicted molar refractivity (Wildman–Crippen MR) is 315 cm³/mol. The number of rotatable bonds is 16. The Bertz CT molecular complexity index is 4080. The Balaban J connectivity index is 0.749. The first-order valence-electron chi connectivity index (χ1n) is 26.3. The first-order chi connectivity index (χ1) is 38.9. The molecule has 0 aliphatic carbocycles. The van der Waals surface area contributed by atoms with Crippen LogP contribution in [0.15, 0.2) is 254 Å². The normalized spacial score (nSPS) is 11.5. The Morgan fingerprint density at radius 1 is 0.481 bits per heavy atom. The molecule has 1 N–H and O–H groups in total. The fourth-order valence-electron chi connectivity index (χ4n) is 10.2. The maximum atomic E-state index is 11.1. The third-order valence-corrected chi connectivity index (χ3v) is 14.2. The Labute approximate surface area is 460 Å². The van der Waals surface area contributed by atoms with Crippen molar-refractivity contribution in [3.63, 3.8) is 0 Å². The number of aliphatic hydroxyl groups excluding tert-OH is 1. The highest BCUT2D eigenvalue weighted by Gasteiger charge is 2.16. The molecule has 8 heteroatoms. The minimum atomic E-state index is -0.294. The van der Waals surface area contributed by atoms with Gasteiger partial charge in [0.1, 0.15) is 18.2 Å². The van der Waals surface area contributed by atoms with E-state index in [-0.39, 0.29) is 18.0 Å². The lowest BCUT2D eigenvalue weighted by molar-refractivity contribution is -0.694. The van der Waals surface area contributed by atoms with Crippen LogP contribution in [0.2, 0.25) is 0 Å². The van der Waals surface area contributed by atoms with Crippen LogP contribution >= 0.6 is 0 Å². The summed E-state index contributed by atoms with van der Waals surface area (Å²) in [5.74, 6) is -0.294. The molecule has 8 nitrogen and oxygen atoms in total. The summed E-state index contributed by atoms with van der Waals surface area (Å²) in [6.07, 6.45) is 13.6. The van der Waals surface area contributed by atoms with Crippen molar-refractivity contribution in [1.29, 1.82) is 15.8 Å². The third kappa shape index (κ3) is 11.9. The van der Waals surface area contributed by atoms with Gasteiger partial charge in [-0.2, -0.15) is 15.8 Å². The fourth-order valence-corrected chi connectivity index (χ4v) is 10.2. The largest absolute Gasteiger partial charge is 0.493 e. The van der Waals surface area contributed by atoms with Crippen molar-refractivity contribution >= 4 is 45.4 Å². The van der Waals surface area contributed by atoms with Gasteiger partial charge >= 0.3 is 0 Å². The second-order valence-electron chi connectivity index (χ2n) is 19.6. The van der Waals surface area contributed by atoms with Crippen LogP contribution in [0.25, 0.3) is 56.3 Å². The summed E-state index contributed by atoms with van der Waals surface area (Å²) in [7, 11) is 0. The molecule has 0 saturated heterocycles. The van der Waals surface area contributed by atoms with Gasteiger partial charge in [-0.05, 0) is 153 Å². The molecule has 3 aromatic heterocycles. The van der Waals surface area contributed by atoms with E-state index in [0.717, 1.165) is 90.4 Å². The quantitative estimate of drug-likeness (QED) is 0.0341. The van der Waals surface area contributed by atoms with E-state index in [1.54, 1.807) is 6.08 Å². The molecule has 0 unspecified atom stereocenters. The number of hydrogen-bond acceptors (Lipinski definition) is 4. The lowest BCUT2D eigenvalue weighted by Gasteiger charge is -2.11. The Hall–Kier alpha value is -10.7. The number of aliphatic hydroxyl groups is 1. The number of hydrogen-bond donors (Lipinski definition) is 1. The highest BCUT2D eigenvalue weighted by atomic mass is 16.3. The average molecular weight is 1020 g/mol. The molecule has 3 heterocycles. The van der Waals surface area contributed by atoms with Crippen molar-refractivity contribution in [2.75, 3.05) is 6.54 Å². The maximum Gasteiger partial charge on any atom is 0.224 e. The van der Waals surface area contributed by atoms with Crippen molar-refractivity contribution in [3.8, 4) is 35.0 Å². The van der Waals surface area contributed by atoms with Gasteiger partial charge in [0.15, 0.2) is 37.9 Å². The van der Waals surface area contributed by atoms with Crippen molar-refractivity contribution in [1.82, 2.24) is 4.57 Å². The Morgan fingerprint density at radius 3 is 1.57 bits per heavy atom. The highest BCUT2D eigenvalue weighted by molar-refractivity contribution is 6.10. The second kappa shape index (κ2) is 23.4. The molecule has 79 heavy (non-hydrogen) atoms. The highest BCUT2D eigenvalue weighted by Crippen LogP contribution is 2.34. The van der Waals surface area contributed by atoms with Crippen LogP contribution in [-0.4, -0.2) is 22.1 Å². The van der Waals surface area contributed by atoms with E-state index in [0.29, 0.717) is 24.2 Å². The molecule has 0 bridgehead atoms. The van der Waals surface area contributed by atoms with Gasteiger partial charge < -0.3 is 9.67 Å². The van der Waals surface area contributed by atoms with Crippen LogP contribution in [0.3, 0.4) is 0 Å². The first-order valence-corrected chi connectivity index (χ1v) is 26.3. The molecule has 0 atom stereocenters. The average Bonchev–Trinajstić information content (AvgIpc) is 4.07. The van der Waals surface area contributed by atoms with Crippen molar-refractivity contribution in [3.05, 3.63) is 310 Å². The predicted octanol–water partition coefficient (Wildman–Crippen LogP) is 14.2. The summed E-state index contributed by atoms with van der Waals surface area (Å²) < 4.78 is 6.46. The molecule has 11 aromatic rings. The molecule has 0 amide bonds. The summed E-state index contributed by atoms with van der Waals surface area (Å²) in [6.45, 7) is 1.49. The Morgan fingerprint density at radius 2 is 1.00 bits per heavy atom. The molecule has 376 valence electrons. The van der Waals surface area contributed by atoms with Crippen molar-refractivity contribution < 1.29 is 14.2 Å². The van der Waals surface area contributed by atoms with Gasteiger partial charge in [-0.3, -0.25) is 0 Å². The second-order valence-corrected chi connectivity index (χ2v) is 19.6. The Kier molecular flexibility index (Phi) is 15.0. The summed E-state index contributed by atoms with van der Waals surface area (Å²) in [6, 6.07) is 81.3. The van der Waals surface area contributed by atoms with Gasteiger partial charge in [-0.25, -0.2) is 14.1 Å². The number of pyridine rings is 2. The van der Waals surface area contributed by atoms with Crippen LogP contribution in [0.4, 0.5) is 0 Å². The SMILES string of the molecule is N#C/C(=C\c1ccc2c(c1)c1ccccc1n2-c1ccc(C=C(c2ccccc2)c2ccccc2)cc1)C(O)=NCC[n+]1ccc(-c2cc[n+](Cc3cc(Cc4ccc(C#N)cc4)cc(Cc4ccc(C#N)cc4)c3)cc2)cc1. The number of fused-ring (bicyclic) bond motifs is 3. The van der Waals surface area contributed by atoms with Gasteiger partial charge in [0, 0.05) is 46.3 Å². The smallest absolute Gasteiger partial charge is 0.224 e. The van der Waals surface area contributed by atoms with E-state index < -0.39 is 0 Å². The molecule has 11 rings (SSSR count). The lowest BCUT2D eigenvalue weighted by atomic mass is 9.96. The topological polar surface area (TPSA) is 117 Å². The number of aromatic nitrogens is 3. The molecule has 0 radical (unpaired) electrons. The van der Waals surface area contributed by atoms with Crippen LogP contribution < -0.4 is 9.13 Å². The van der Waals surface area contributed by atoms with E-state index in [1.165, 1.54) is 16.7 Å². The molecule has 0 aliphatic rings. The maximum absolute atomic E-state index is 11.1. The zero-order chi connectivity index (χ0) is 53.9. The number of aliphatic imine (C=N–C) groups is 1. The van der Waals surface area contributed by atoms with Gasteiger partial charge in [0.2, 0.25) is 5.90 Å². The molecule has 0 saturated carbocycles. The van der Waals surface area contributed by atoms with Gasteiger partial charge in [-0.1, -0.05) is 127 Å². The van der Waals surface area contributed by atoms with Crippen LogP contribution in [0.5, 0.6) is 0 Å². The third-order valence-electron chi connectivity index (χ3n) is 14.2. The van der Waals surface area contributed by atoms with Crippen molar-refractivity contribution in [2.45, 2.75) is 25.9 Å². The molecular weight excluding hydrogens is 967 g/mol. The summed E-state index contributed by atoms with van der Waals surface area (Å²) >= 11 is 0. The molecular formula is C71H53N7O+2.